The van der Waals surface area contributed by atoms with Gasteiger partial charge in [0.2, 0.25) is 10.0 Å². The second-order valence-corrected chi connectivity index (χ2v) is 9.34. The predicted molar refractivity (Wildman–Crippen MR) is 121 cm³/mol. The van der Waals surface area contributed by atoms with Crippen LogP contribution in [0.2, 0.25) is 5.02 Å². The van der Waals surface area contributed by atoms with E-state index in [2.05, 4.69) is 10.6 Å². The van der Waals surface area contributed by atoms with Crippen LogP contribution < -0.4 is 10.6 Å². The number of anilines is 2. The van der Waals surface area contributed by atoms with E-state index < -0.39 is 15.9 Å². The summed E-state index contributed by atoms with van der Waals surface area (Å²) < 4.78 is 25.3. The van der Waals surface area contributed by atoms with Crippen molar-refractivity contribution >= 4 is 44.8 Å². The van der Waals surface area contributed by atoms with Crippen LogP contribution in [0.1, 0.15) is 20.7 Å². The lowest BCUT2D eigenvalue weighted by Crippen LogP contribution is -2.22. The van der Waals surface area contributed by atoms with Gasteiger partial charge in [-0.15, -0.1) is 0 Å². The maximum absolute atomic E-state index is 12.5. The maximum atomic E-state index is 12.5. The van der Waals surface area contributed by atoms with Gasteiger partial charge in [0, 0.05) is 30.9 Å². The lowest BCUT2D eigenvalue weighted by molar-refractivity contribution is 0.101. The fourth-order valence-electron chi connectivity index (χ4n) is 2.67. The second kappa shape index (κ2) is 9.30. The molecule has 0 atom stereocenters. The van der Waals surface area contributed by atoms with Crippen molar-refractivity contribution in [2.24, 2.45) is 0 Å². The fourth-order valence-corrected chi connectivity index (χ4v) is 3.80. The zero-order valence-electron chi connectivity index (χ0n) is 16.8. The van der Waals surface area contributed by atoms with Crippen molar-refractivity contribution in [3.63, 3.8) is 0 Å². The van der Waals surface area contributed by atoms with Gasteiger partial charge in [-0.2, -0.15) is 0 Å². The van der Waals surface area contributed by atoms with Crippen LogP contribution in [-0.4, -0.2) is 38.6 Å². The van der Waals surface area contributed by atoms with E-state index in [0.717, 1.165) is 4.31 Å². The van der Waals surface area contributed by atoms with Crippen molar-refractivity contribution in [3.05, 3.63) is 88.9 Å². The molecule has 0 aliphatic rings. The largest absolute Gasteiger partial charge is 0.322 e. The van der Waals surface area contributed by atoms with E-state index in [0.29, 0.717) is 16.9 Å². The number of nitrogens with one attached hydrogen (secondary N) is 2. The Bertz CT molecular complexity index is 1210. The molecule has 2 amide bonds. The molecule has 3 rings (SSSR count). The van der Waals surface area contributed by atoms with Crippen LogP contribution in [0, 0.1) is 0 Å². The molecule has 0 aliphatic heterocycles. The minimum atomic E-state index is -3.57. The van der Waals surface area contributed by atoms with Crippen LogP contribution in [0.4, 0.5) is 11.4 Å². The summed E-state index contributed by atoms with van der Waals surface area (Å²) in [5.74, 6) is -0.724. The summed E-state index contributed by atoms with van der Waals surface area (Å²) in [6, 6.07) is 19.0. The Morgan fingerprint density at radius 1 is 0.806 bits per heavy atom. The Kier molecular flexibility index (Phi) is 6.74. The number of benzene rings is 3. The van der Waals surface area contributed by atoms with Crippen molar-refractivity contribution in [2.75, 3.05) is 24.7 Å². The van der Waals surface area contributed by atoms with Crippen LogP contribution >= 0.6 is 11.6 Å². The molecule has 9 heteroatoms. The molecule has 31 heavy (non-hydrogen) atoms. The molecule has 0 unspecified atom stereocenters. The number of hydrogen-bond acceptors (Lipinski definition) is 4. The van der Waals surface area contributed by atoms with Crippen molar-refractivity contribution in [3.8, 4) is 0 Å². The number of sulfonamides is 1. The molecule has 0 spiro atoms. The fraction of sp³-hybridized carbons (Fsp3) is 0.0909. The van der Waals surface area contributed by atoms with E-state index in [4.69, 9.17) is 11.6 Å². The number of halogens is 1. The van der Waals surface area contributed by atoms with E-state index in [1.807, 2.05) is 6.07 Å². The van der Waals surface area contributed by atoms with Gasteiger partial charge in [-0.1, -0.05) is 29.8 Å². The monoisotopic (exact) mass is 457 g/mol. The first-order valence-corrected chi connectivity index (χ1v) is 11.0. The molecule has 3 aromatic carbocycles. The summed E-state index contributed by atoms with van der Waals surface area (Å²) >= 11 is 6.25. The summed E-state index contributed by atoms with van der Waals surface area (Å²) in [5.41, 5.74) is 1.62. The van der Waals surface area contributed by atoms with Crippen LogP contribution in [0.15, 0.2) is 77.7 Å². The molecule has 0 aliphatic carbocycles. The average Bonchev–Trinajstić information content (AvgIpc) is 2.76. The van der Waals surface area contributed by atoms with E-state index >= 15 is 0 Å². The van der Waals surface area contributed by atoms with Crippen LogP contribution in [0.3, 0.4) is 0 Å². The summed E-state index contributed by atoms with van der Waals surface area (Å²) in [4.78, 5) is 24.8. The number of nitrogens with zero attached hydrogens (tertiary/aromatic N) is 1. The Balaban J connectivity index is 1.69. The predicted octanol–water partition coefficient (Wildman–Crippen LogP) is 4.09. The van der Waals surface area contributed by atoms with E-state index in [1.54, 1.807) is 36.4 Å². The van der Waals surface area contributed by atoms with Gasteiger partial charge in [-0.3, -0.25) is 9.59 Å². The molecular weight excluding hydrogens is 438 g/mol. The van der Waals surface area contributed by atoms with Crippen LogP contribution in [0.5, 0.6) is 0 Å². The van der Waals surface area contributed by atoms with Crippen molar-refractivity contribution < 1.29 is 18.0 Å². The summed E-state index contributed by atoms with van der Waals surface area (Å²) in [6.45, 7) is 0. The number of hydrogen-bond donors (Lipinski definition) is 2. The molecule has 0 saturated carbocycles. The first-order chi connectivity index (χ1) is 14.7. The molecule has 2 N–H and O–H groups in total. The van der Waals surface area contributed by atoms with Gasteiger partial charge in [0.25, 0.3) is 11.8 Å². The quantitative estimate of drug-likeness (QED) is 0.582. The highest BCUT2D eigenvalue weighted by atomic mass is 35.5. The standard InChI is InChI=1S/C22H20ClN3O4S/c1-26(2)31(29,30)18-11-8-16(9-12-18)21(27)24-17-10-13-20(19(23)14-17)25-22(28)15-6-4-3-5-7-15/h3-14H,1-2H3,(H,24,27)(H,25,28). The van der Waals surface area contributed by atoms with Crippen molar-refractivity contribution in [1.29, 1.82) is 0 Å². The van der Waals surface area contributed by atoms with Gasteiger partial charge in [0.15, 0.2) is 0 Å². The zero-order valence-corrected chi connectivity index (χ0v) is 18.4. The first kappa shape index (κ1) is 22.5. The number of rotatable bonds is 6. The summed E-state index contributed by atoms with van der Waals surface area (Å²) in [5, 5.41) is 5.68. The molecule has 3 aromatic rings. The maximum Gasteiger partial charge on any atom is 0.255 e. The van der Waals surface area contributed by atoms with Gasteiger partial charge < -0.3 is 10.6 Å². The first-order valence-electron chi connectivity index (χ1n) is 9.18. The highest BCUT2D eigenvalue weighted by molar-refractivity contribution is 7.89. The Hall–Kier alpha value is -3.20. The van der Waals surface area contributed by atoms with Gasteiger partial charge in [-0.05, 0) is 54.6 Å². The van der Waals surface area contributed by atoms with Crippen molar-refractivity contribution in [1.82, 2.24) is 4.31 Å². The second-order valence-electron chi connectivity index (χ2n) is 6.78. The minimum absolute atomic E-state index is 0.0932. The van der Waals surface area contributed by atoms with E-state index in [1.165, 1.54) is 44.4 Å². The van der Waals surface area contributed by atoms with Gasteiger partial charge in [0.1, 0.15) is 0 Å². The van der Waals surface area contributed by atoms with Gasteiger partial charge >= 0.3 is 0 Å². The highest BCUT2D eigenvalue weighted by Gasteiger charge is 2.18. The third-order valence-corrected chi connectivity index (χ3v) is 6.55. The third-order valence-electron chi connectivity index (χ3n) is 4.41. The molecule has 0 saturated heterocycles. The van der Waals surface area contributed by atoms with E-state index in [9.17, 15) is 18.0 Å². The molecule has 0 radical (unpaired) electrons. The van der Waals surface area contributed by atoms with Crippen LogP contribution in [0.25, 0.3) is 0 Å². The SMILES string of the molecule is CN(C)S(=O)(=O)c1ccc(C(=O)Nc2ccc(NC(=O)c3ccccc3)c(Cl)c2)cc1. The highest BCUT2D eigenvalue weighted by Crippen LogP contribution is 2.26. The van der Waals surface area contributed by atoms with Crippen LogP contribution in [-0.2, 0) is 10.0 Å². The molecule has 0 bridgehead atoms. The molecule has 0 heterocycles. The summed E-state index contributed by atoms with van der Waals surface area (Å²) in [6.07, 6.45) is 0. The third kappa shape index (κ3) is 5.29. The smallest absolute Gasteiger partial charge is 0.255 e. The minimum Gasteiger partial charge on any atom is -0.322 e. The Morgan fingerprint density at radius 2 is 1.39 bits per heavy atom. The molecule has 7 nitrogen and oxygen atoms in total. The Labute approximate surface area is 185 Å². The number of amides is 2. The average molecular weight is 458 g/mol. The number of carbonyl (C=O) groups excluding carboxylic acids is 2. The normalized spacial score (nSPS) is 11.2. The molecular formula is C22H20ClN3O4S. The lowest BCUT2D eigenvalue weighted by Gasteiger charge is -2.12. The van der Waals surface area contributed by atoms with Crippen molar-refractivity contribution in [2.45, 2.75) is 4.90 Å². The molecule has 160 valence electrons. The van der Waals surface area contributed by atoms with Gasteiger partial charge in [0.05, 0.1) is 15.6 Å². The number of carbonyl (C=O) groups is 2. The topological polar surface area (TPSA) is 95.6 Å². The molecule has 0 aromatic heterocycles. The summed E-state index contributed by atoms with van der Waals surface area (Å²) in [7, 11) is -0.697. The molecule has 0 fully saturated rings. The van der Waals surface area contributed by atoms with Gasteiger partial charge in [-0.25, -0.2) is 12.7 Å². The lowest BCUT2D eigenvalue weighted by atomic mass is 10.2. The zero-order chi connectivity index (χ0) is 22.6. The Morgan fingerprint density at radius 3 is 1.97 bits per heavy atom. The van der Waals surface area contributed by atoms with E-state index in [-0.39, 0.29) is 21.4 Å².